The number of oxime groups is 1. The van der Waals surface area contributed by atoms with Crippen LogP contribution < -0.4 is 10.5 Å². The number of hydrogen-bond donors (Lipinski definition) is 2. The fourth-order valence-corrected chi connectivity index (χ4v) is 1.82. The van der Waals surface area contributed by atoms with Crippen LogP contribution in [0.5, 0.6) is 5.75 Å². The number of nitrogens with zero attached hydrogens (tertiary/aromatic N) is 1. The Kier molecular flexibility index (Phi) is 5.11. The van der Waals surface area contributed by atoms with E-state index in [4.69, 9.17) is 15.7 Å². The average Bonchev–Trinajstić information content (AvgIpc) is 2.26. The highest BCUT2D eigenvalue weighted by Crippen LogP contribution is 2.25. The first-order valence-corrected chi connectivity index (χ1v) is 5.78. The lowest BCUT2D eigenvalue weighted by Crippen LogP contribution is -2.12. The Labute approximate surface area is 103 Å². The van der Waals surface area contributed by atoms with Gasteiger partial charge in [-0.05, 0) is 47.0 Å². The molecule has 0 saturated heterocycles. The Morgan fingerprint density at radius 3 is 2.94 bits per heavy atom. The first-order valence-electron chi connectivity index (χ1n) is 4.99. The molecule has 0 aliphatic carbocycles. The molecule has 0 spiro atoms. The molecule has 3 N–H and O–H groups in total. The molecule has 1 aromatic rings. The van der Waals surface area contributed by atoms with Crippen LogP contribution in [0.4, 0.5) is 0 Å². The van der Waals surface area contributed by atoms with Gasteiger partial charge in [0.2, 0.25) is 0 Å². The molecule has 88 valence electrons. The van der Waals surface area contributed by atoms with E-state index < -0.39 is 0 Å². The molecule has 0 aliphatic rings. The highest BCUT2D eigenvalue weighted by atomic mass is 79.9. The van der Waals surface area contributed by atoms with Gasteiger partial charge in [-0.15, -0.1) is 0 Å². The minimum atomic E-state index is 0.228. The molecule has 0 fully saturated rings. The van der Waals surface area contributed by atoms with Gasteiger partial charge < -0.3 is 15.7 Å². The molecule has 0 aromatic heterocycles. The monoisotopic (exact) mass is 286 g/mol. The van der Waals surface area contributed by atoms with E-state index in [0.717, 1.165) is 16.6 Å². The molecule has 5 heteroatoms. The second-order valence-electron chi connectivity index (χ2n) is 3.48. The van der Waals surface area contributed by atoms with E-state index in [-0.39, 0.29) is 5.84 Å². The molecular formula is C11H15BrN2O2. The van der Waals surface area contributed by atoms with Crippen LogP contribution in [0, 0.1) is 6.92 Å². The van der Waals surface area contributed by atoms with E-state index >= 15 is 0 Å². The van der Waals surface area contributed by atoms with Crippen LogP contribution in [0.25, 0.3) is 0 Å². The van der Waals surface area contributed by atoms with Gasteiger partial charge in [0.15, 0.2) is 0 Å². The molecule has 0 radical (unpaired) electrons. The summed E-state index contributed by atoms with van der Waals surface area (Å²) < 4.78 is 6.49. The van der Waals surface area contributed by atoms with Crippen LogP contribution in [0.15, 0.2) is 27.8 Å². The van der Waals surface area contributed by atoms with Gasteiger partial charge in [-0.3, -0.25) is 0 Å². The quantitative estimate of drug-likeness (QED) is 0.287. The van der Waals surface area contributed by atoms with Crippen molar-refractivity contribution in [2.45, 2.75) is 19.8 Å². The maximum absolute atomic E-state index is 8.34. The van der Waals surface area contributed by atoms with Gasteiger partial charge >= 0.3 is 0 Å². The van der Waals surface area contributed by atoms with Gasteiger partial charge in [0.25, 0.3) is 0 Å². The fraction of sp³-hybridized carbons (Fsp3) is 0.364. The van der Waals surface area contributed by atoms with Crippen LogP contribution in [-0.2, 0) is 0 Å². The summed E-state index contributed by atoms with van der Waals surface area (Å²) in [6.07, 6.45) is 1.25. The minimum Gasteiger partial charge on any atom is -0.492 e. The van der Waals surface area contributed by atoms with Crippen molar-refractivity contribution in [2.75, 3.05) is 6.61 Å². The van der Waals surface area contributed by atoms with Gasteiger partial charge in [0.05, 0.1) is 11.1 Å². The fourth-order valence-electron chi connectivity index (χ4n) is 1.21. The van der Waals surface area contributed by atoms with E-state index in [0.29, 0.717) is 13.0 Å². The number of hydrogen-bond acceptors (Lipinski definition) is 3. The number of benzene rings is 1. The largest absolute Gasteiger partial charge is 0.492 e. The Balaban J connectivity index is 2.37. The number of nitrogens with two attached hydrogens (primary N) is 1. The summed E-state index contributed by atoms with van der Waals surface area (Å²) in [6, 6.07) is 5.91. The number of halogens is 1. The molecule has 1 rings (SSSR count). The molecule has 16 heavy (non-hydrogen) atoms. The molecule has 0 atom stereocenters. The summed E-state index contributed by atoms with van der Waals surface area (Å²) in [5, 5.41) is 11.2. The van der Waals surface area contributed by atoms with Crippen molar-refractivity contribution in [3.63, 3.8) is 0 Å². The van der Waals surface area contributed by atoms with Crippen molar-refractivity contribution in [3.8, 4) is 5.75 Å². The van der Waals surface area contributed by atoms with Crippen LogP contribution in [0.2, 0.25) is 0 Å². The van der Waals surface area contributed by atoms with Crippen molar-refractivity contribution >= 4 is 21.8 Å². The Bertz CT molecular complexity index is 380. The highest BCUT2D eigenvalue weighted by Gasteiger charge is 2.01. The molecule has 0 bridgehead atoms. The lowest BCUT2D eigenvalue weighted by molar-refractivity contribution is 0.304. The van der Waals surface area contributed by atoms with Crippen LogP contribution in [0.1, 0.15) is 18.4 Å². The molecule has 0 saturated carbocycles. The Morgan fingerprint density at radius 1 is 1.56 bits per heavy atom. The van der Waals surface area contributed by atoms with Crippen LogP contribution in [-0.4, -0.2) is 17.6 Å². The molecular weight excluding hydrogens is 272 g/mol. The number of rotatable bonds is 5. The van der Waals surface area contributed by atoms with E-state index in [1.165, 1.54) is 5.56 Å². The molecule has 0 amide bonds. The predicted molar refractivity (Wildman–Crippen MR) is 67.0 cm³/mol. The zero-order valence-electron chi connectivity index (χ0n) is 9.11. The maximum atomic E-state index is 8.34. The average molecular weight is 287 g/mol. The standard InChI is InChI=1S/C11H15BrN2O2/c1-8-4-5-10(9(12)7-8)16-6-2-3-11(13)14-15/h4-5,7,15H,2-3,6H2,1H3,(H2,13,14). The summed E-state index contributed by atoms with van der Waals surface area (Å²) in [5.41, 5.74) is 6.51. The van der Waals surface area contributed by atoms with E-state index in [1.807, 2.05) is 25.1 Å². The van der Waals surface area contributed by atoms with Gasteiger partial charge in [-0.1, -0.05) is 11.2 Å². The summed E-state index contributed by atoms with van der Waals surface area (Å²) in [7, 11) is 0. The van der Waals surface area contributed by atoms with Gasteiger partial charge in [0.1, 0.15) is 11.6 Å². The SMILES string of the molecule is Cc1ccc(OCCC/C(N)=N/O)c(Br)c1. The molecule has 4 nitrogen and oxygen atoms in total. The number of aryl methyl sites for hydroxylation is 1. The third-order valence-electron chi connectivity index (χ3n) is 2.05. The molecule has 0 aliphatic heterocycles. The van der Waals surface area contributed by atoms with Crippen molar-refractivity contribution in [2.24, 2.45) is 10.9 Å². The van der Waals surface area contributed by atoms with Crippen molar-refractivity contribution < 1.29 is 9.94 Å². The van der Waals surface area contributed by atoms with Gasteiger partial charge in [0, 0.05) is 6.42 Å². The maximum Gasteiger partial charge on any atom is 0.139 e. The highest BCUT2D eigenvalue weighted by molar-refractivity contribution is 9.10. The topological polar surface area (TPSA) is 67.8 Å². The first kappa shape index (κ1) is 12.8. The molecule has 1 aromatic carbocycles. The van der Waals surface area contributed by atoms with E-state index in [9.17, 15) is 0 Å². The second kappa shape index (κ2) is 6.37. The smallest absolute Gasteiger partial charge is 0.139 e. The predicted octanol–water partition coefficient (Wildman–Crippen LogP) is 2.66. The lowest BCUT2D eigenvalue weighted by Gasteiger charge is -2.08. The zero-order chi connectivity index (χ0) is 12.0. The van der Waals surface area contributed by atoms with E-state index in [2.05, 4.69) is 21.1 Å². The summed E-state index contributed by atoms with van der Waals surface area (Å²) in [6.45, 7) is 2.56. The molecule has 0 heterocycles. The summed E-state index contributed by atoms with van der Waals surface area (Å²) in [4.78, 5) is 0. The minimum absolute atomic E-state index is 0.228. The lowest BCUT2D eigenvalue weighted by atomic mass is 10.2. The van der Waals surface area contributed by atoms with E-state index in [1.54, 1.807) is 0 Å². The normalized spacial score (nSPS) is 11.5. The Hall–Kier alpha value is -1.23. The van der Waals surface area contributed by atoms with Crippen LogP contribution >= 0.6 is 15.9 Å². The van der Waals surface area contributed by atoms with Crippen molar-refractivity contribution in [3.05, 3.63) is 28.2 Å². The zero-order valence-corrected chi connectivity index (χ0v) is 10.7. The van der Waals surface area contributed by atoms with Gasteiger partial charge in [-0.2, -0.15) is 0 Å². The van der Waals surface area contributed by atoms with Gasteiger partial charge in [-0.25, -0.2) is 0 Å². The summed E-state index contributed by atoms with van der Waals surface area (Å²) >= 11 is 3.43. The van der Waals surface area contributed by atoms with Crippen LogP contribution in [0.3, 0.4) is 0 Å². The summed E-state index contributed by atoms with van der Waals surface area (Å²) in [5.74, 6) is 1.04. The van der Waals surface area contributed by atoms with Crippen molar-refractivity contribution in [1.82, 2.24) is 0 Å². The van der Waals surface area contributed by atoms with Crippen molar-refractivity contribution in [1.29, 1.82) is 0 Å². The third kappa shape index (κ3) is 4.10. The number of ether oxygens (including phenoxy) is 1. The number of amidine groups is 1. The Morgan fingerprint density at radius 2 is 2.31 bits per heavy atom. The second-order valence-corrected chi connectivity index (χ2v) is 4.33. The third-order valence-corrected chi connectivity index (χ3v) is 2.67. The molecule has 0 unspecified atom stereocenters. The first-order chi connectivity index (χ1) is 7.63.